The first-order chi connectivity index (χ1) is 9.47. The van der Waals surface area contributed by atoms with Crippen LogP contribution in [-0.2, 0) is 6.61 Å². The van der Waals surface area contributed by atoms with Crippen molar-refractivity contribution in [2.75, 3.05) is 0 Å². The van der Waals surface area contributed by atoms with Crippen molar-refractivity contribution in [3.8, 4) is 5.75 Å². The van der Waals surface area contributed by atoms with E-state index >= 15 is 0 Å². The van der Waals surface area contributed by atoms with Gasteiger partial charge in [0, 0.05) is 16.7 Å². The highest BCUT2D eigenvalue weighted by Crippen LogP contribution is 2.28. The second kappa shape index (κ2) is 6.11. The molecule has 20 heavy (non-hydrogen) atoms. The Morgan fingerprint density at radius 2 is 1.95 bits per heavy atom. The van der Waals surface area contributed by atoms with E-state index in [1.807, 2.05) is 0 Å². The van der Waals surface area contributed by atoms with E-state index < -0.39 is 11.8 Å². The van der Waals surface area contributed by atoms with Gasteiger partial charge in [0.25, 0.3) is 0 Å². The molecule has 2 aromatic rings. The van der Waals surface area contributed by atoms with Gasteiger partial charge in [-0.2, -0.15) is 0 Å². The Bertz CT molecular complexity index is 659. The summed E-state index contributed by atoms with van der Waals surface area (Å²) in [5, 5.41) is 9.80. The Labute approximate surface area is 124 Å². The molecule has 0 saturated heterocycles. The normalized spacial score (nSPS) is 10.3. The summed E-state index contributed by atoms with van der Waals surface area (Å²) >= 11 is 11.7. The molecule has 3 nitrogen and oxygen atoms in total. The zero-order valence-electron chi connectivity index (χ0n) is 10.1. The zero-order chi connectivity index (χ0) is 14.7. The number of carboxylic acids is 1. The van der Waals surface area contributed by atoms with Crippen LogP contribution >= 0.6 is 23.2 Å². The molecule has 6 heteroatoms. The summed E-state index contributed by atoms with van der Waals surface area (Å²) in [7, 11) is 0. The molecule has 0 unspecified atom stereocenters. The van der Waals surface area contributed by atoms with Crippen LogP contribution in [-0.4, -0.2) is 11.1 Å². The summed E-state index contributed by atoms with van der Waals surface area (Å²) in [5.41, 5.74) is 0.193. The van der Waals surface area contributed by atoms with E-state index in [1.54, 1.807) is 12.1 Å². The number of carbonyl (C=O) groups is 1. The quantitative estimate of drug-likeness (QED) is 0.909. The number of carboxylic acid groups (broad SMARTS) is 1. The Hall–Kier alpha value is -1.78. The third-order valence-electron chi connectivity index (χ3n) is 2.57. The maximum Gasteiger partial charge on any atom is 0.336 e. The zero-order valence-corrected chi connectivity index (χ0v) is 11.6. The minimum Gasteiger partial charge on any atom is -0.487 e. The van der Waals surface area contributed by atoms with Gasteiger partial charge in [-0.3, -0.25) is 0 Å². The minimum atomic E-state index is -1.15. The standard InChI is InChI=1S/C14H9Cl2FO3/c15-9-1-4-12(16)13(6-9)20-7-8-5-10(17)2-3-11(8)14(18)19/h1-6H,7H2,(H,18,19). The molecular formula is C14H9Cl2FO3. The van der Waals surface area contributed by atoms with E-state index in [-0.39, 0.29) is 17.7 Å². The lowest BCUT2D eigenvalue weighted by atomic mass is 10.1. The smallest absolute Gasteiger partial charge is 0.336 e. The van der Waals surface area contributed by atoms with Crippen molar-refractivity contribution < 1.29 is 19.0 Å². The number of ether oxygens (including phenoxy) is 1. The minimum absolute atomic E-state index is 0.0236. The van der Waals surface area contributed by atoms with Crippen molar-refractivity contribution in [3.05, 3.63) is 63.4 Å². The highest BCUT2D eigenvalue weighted by molar-refractivity contribution is 6.34. The average molecular weight is 315 g/mol. The molecule has 0 heterocycles. The number of hydrogen-bond acceptors (Lipinski definition) is 2. The fourth-order valence-corrected chi connectivity index (χ4v) is 1.97. The number of aromatic carboxylic acids is 1. The molecule has 0 fully saturated rings. The number of benzene rings is 2. The molecular weight excluding hydrogens is 306 g/mol. The lowest BCUT2D eigenvalue weighted by molar-refractivity contribution is 0.0694. The van der Waals surface area contributed by atoms with E-state index in [9.17, 15) is 9.18 Å². The molecule has 1 N–H and O–H groups in total. The lowest BCUT2D eigenvalue weighted by Crippen LogP contribution is -2.06. The molecule has 0 spiro atoms. The second-order valence-corrected chi connectivity index (χ2v) is 4.81. The summed E-state index contributed by atoms with van der Waals surface area (Å²) in [5.74, 6) is -1.38. The summed E-state index contributed by atoms with van der Waals surface area (Å²) in [6.45, 7) is -0.126. The molecule has 0 aliphatic heterocycles. The fraction of sp³-hybridized carbons (Fsp3) is 0.0714. The number of rotatable bonds is 4. The van der Waals surface area contributed by atoms with Gasteiger partial charge < -0.3 is 9.84 Å². The van der Waals surface area contributed by atoms with Gasteiger partial charge in [0.2, 0.25) is 0 Å². The van der Waals surface area contributed by atoms with Gasteiger partial charge in [-0.1, -0.05) is 23.2 Å². The van der Waals surface area contributed by atoms with Gasteiger partial charge in [0.15, 0.2) is 0 Å². The van der Waals surface area contributed by atoms with Crippen molar-refractivity contribution in [1.29, 1.82) is 0 Å². The van der Waals surface area contributed by atoms with E-state index in [0.717, 1.165) is 12.1 Å². The maximum absolute atomic E-state index is 13.2. The molecule has 2 aromatic carbocycles. The summed E-state index contributed by atoms with van der Waals surface area (Å²) in [6.07, 6.45) is 0. The molecule has 0 saturated carbocycles. The van der Waals surface area contributed by atoms with Crippen LogP contribution in [0.2, 0.25) is 10.0 Å². The van der Waals surface area contributed by atoms with E-state index in [2.05, 4.69) is 0 Å². The first-order valence-electron chi connectivity index (χ1n) is 5.57. The van der Waals surface area contributed by atoms with Crippen LogP contribution in [0, 0.1) is 5.82 Å². The third-order valence-corrected chi connectivity index (χ3v) is 3.12. The monoisotopic (exact) mass is 314 g/mol. The number of hydrogen-bond donors (Lipinski definition) is 1. The molecule has 0 aromatic heterocycles. The van der Waals surface area contributed by atoms with Gasteiger partial charge >= 0.3 is 5.97 Å². The molecule has 104 valence electrons. The molecule has 0 aliphatic carbocycles. The van der Waals surface area contributed by atoms with Gasteiger partial charge in [-0.05, 0) is 30.3 Å². The van der Waals surface area contributed by atoms with Crippen LogP contribution in [0.25, 0.3) is 0 Å². The Morgan fingerprint density at radius 3 is 2.65 bits per heavy atom. The second-order valence-electron chi connectivity index (χ2n) is 3.97. The van der Waals surface area contributed by atoms with Gasteiger partial charge in [0.1, 0.15) is 18.2 Å². The van der Waals surface area contributed by atoms with Gasteiger partial charge in [-0.15, -0.1) is 0 Å². The topological polar surface area (TPSA) is 46.5 Å². The maximum atomic E-state index is 13.2. The molecule has 0 atom stereocenters. The summed E-state index contributed by atoms with van der Waals surface area (Å²) in [6, 6.07) is 8.05. The third kappa shape index (κ3) is 3.40. The molecule has 0 radical (unpaired) electrons. The Balaban J connectivity index is 2.24. The van der Waals surface area contributed by atoms with Crippen molar-refractivity contribution in [1.82, 2.24) is 0 Å². The van der Waals surface area contributed by atoms with E-state index in [1.165, 1.54) is 12.1 Å². The van der Waals surface area contributed by atoms with Crippen molar-refractivity contribution in [2.24, 2.45) is 0 Å². The van der Waals surface area contributed by atoms with Crippen LogP contribution in [0.1, 0.15) is 15.9 Å². The predicted molar refractivity (Wildman–Crippen MR) is 74.2 cm³/mol. The van der Waals surface area contributed by atoms with Crippen molar-refractivity contribution in [3.63, 3.8) is 0 Å². The fourth-order valence-electron chi connectivity index (χ4n) is 1.63. The highest BCUT2D eigenvalue weighted by Gasteiger charge is 2.12. The van der Waals surface area contributed by atoms with E-state index in [0.29, 0.717) is 15.8 Å². The SMILES string of the molecule is O=C(O)c1ccc(F)cc1COc1cc(Cl)ccc1Cl. The molecule has 0 amide bonds. The first-order valence-corrected chi connectivity index (χ1v) is 6.32. The number of halogens is 3. The largest absolute Gasteiger partial charge is 0.487 e. The van der Waals surface area contributed by atoms with Crippen LogP contribution in [0.5, 0.6) is 5.75 Å². The van der Waals surface area contributed by atoms with Crippen LogP contribution in [0.3, 0.4) is 0 Å². The summed E-state index contributed by atoms with van der Waals surface area (Å²) in [4.78, 5) is 11.0. The average Bonchev–Trinajstić information content (AvgIpc) is 2.39. The highest BCUT2D eigenvalue weighted by atomic mass is 35.5. The first kappa shape index (κ1) is 14.6. The Morgan fingerprint density at radius 1 is 1.20 bits per heavy atom. The van der Waals surface area contributed by atoms with Gasteiger partial charge in [-0.25, -0.2) is 9.18 Å². The summed E-state index contributed by atoms with van der Waals surface area (Å²) < 4.78 is 18.6. The molecule has 0 aliphatic rings. The van der Waals surface area contributed by atoms with Crippen LogP contribution < -0.4 is 4.74 Å². The molecule has 2 rings (SSSR count). The van der Waals surface area contributed by atoms with E-state index in [4.69, 9.17) is 33.0 Å². The van der Waals surface area contributed by atoms with Crippen LogP contribution in [0.15, 0.2) is 36.4 Å². The Kier molecular flexibility index (Phi) is 4.47. The van der Waals surface area contributed by atoms with Crippen molar-refractivity contribution in [2.45, 2.75) is 6.61 Å². The van der Waals surface area contributed by atoms with Gasteiger partial charge in [0.05, 0.1) is 10.6 Å². The predicted octanol–water partition coefficient (Wildman–Crippen LogP) is 4.41. The lowest BCUT2D eigenvalue weighted by Gasteiger charge is -2.10. The van der Waals surface area contributed by atoms with Crippen molar-refractivity contribution >= 4 is 29.2 Å². The molecule has 0 bridgehead atoms. The van der Waals surface area contributed by atoms with Crippen LogP contribution in [0.4, 0.5) is 4.39 Å².